The smallest absolute Gasteiger partial charge is 0.354 e. The number of Topliss-reactive ketones (excluding diaryl/α,β-unsaturated/α-hetero) is 1. The number of rotatable bonds is 7. The van der Waals surface area contributed by atoms with Crippen molar-refractivity contribution >= 4 is 17.7 Å². The number of aromatic nitrogens is 1. The number of ether oxygens (including phenoxy) is 1. The molecule has 1 aromatic heterocycles. The number of nitrogens with one attached hydrogen (secondary N) is 1. The van der Waals surface area contributed by atoms with E-state index in [0.29, 0.717) is 28.9 Å². The zero-order valence-corrected chi connectivity index (χ0v) is 17.4. The number of hydrogen-bond acceptors (Lipinski definition) is 4. The molecule has 0 aliphatic carbocycles. The number of nitrogens with zero attached hydrogens (tertiary/aromatic N) is 1. The molecule has 1 aromatic carbocycles. The number of carbonyl (C=O) groups is 3. The Morgan fingerprint density at radius 1 is 1.07 bits per heavy atom. The van der Waals surface area contributed by atoms with E-state index >= 15 is 0 Å². The lowest BCUT2D eigenvalue weighted by Gasteiger charge is -2.24. The van der Waals surface area contributed by atoms with E-state index in [4.69, 9.17) is 4.74 Å². The molecule has 0 bridgehead atoms. The van der Waals surface area contributed by atoms with Crippen LogP contribution in [0.25, 0.3) is 0 Å². The Kier molecular flexibility index (Phi) is 6.78. The third-order valence-electron chi connectivity index (χ3n) is 4.61. The molecule has 0 spiro atoms. The number of amides is 1. The zero-order chi connectivity index (χ0) is 21.0. The fourth-order valence-corrected chi connectivity index (χ4v) is 3.27. The third-order valence-corrected chi connectivity index (χ3v) is 4.61. The summed E-state index contributed by atoms with van der Waals surface area (Å²) in [5.74, 6) is -0.695. The molecule has 0 unspecified atom stereocenters. The molecule has 0 atom stereocenters. The van der Waals surface area contributed by atoms with Gasteiger partial charge in [-0.2, -0.15) is 0 Å². The molecular formula is C22H28N2O4. The van der Waals surface area contributed by atoms with Crippen molar-refractivity contribution in [1.29, 1.82) is 0 Å². The minimum atomic E-state index is -0.519. The number of methoxy groups -OCH3 is 1. The molecule has 150 valence electrons. The predicted octanol–water partition coefficient (Wildman–Crippen LogP) is 3.71. The average molecular weight is 384 g/mol. The minimum Gasteiger partial charge on any atom is -0.464 e. The van der Waals surface area contributed by atoms with Crippen LogP contribution in [-0.2, 0) is 4.74 Å². The second kappa shape index (κ2) is 8.87. The molecule has 1 heterocycles. The van der Waals surface area contributed by atoms with Gasteiger partial charge in [-0.1, -0.05) is 31.5 Å². The average Bonchev–Trinajstić information content (AvgIpc) is 2.94. The van der Waals surface area contributed by atoms with Gasteiger partial charge in [0.05, 0.1) is 13.7 Å². The molecule has 0 radical (unpaired) electrons. The number of aryl methyl sites for hydroxylation is 2. The van der Waals surface area contributed by atoms with Gasteiger partial charge in [0.2, 0.25) is 0 Å². The van der Waals surface area contributed by atoms with Crippen molar-refractivity contribution in [3.05, 3.63) is 57.9 Å². The molecule has 28 heavy (non-hydrogen) atoms. The molecular weight excluding hydrogens is 356 g/mol. The molecule has 2 aromatic rings. The van der Waals surface area contributed by atoms with Crippen LogP contribution in [0, 0.1) is 26.7 Å². The normalized spacial score (nSPS) is 10.8. The first-order valence-corrected chi connectivity index (χ1v) is 9.32. The van der Waals surface area contributed by atoms with Crippen molar-refractivity contribution < 1.29 is 19.1 Å². The monoisotopic (exact) mass is 384 g/mol. The van der Waals surface area contributed by atoms with E-state index in [9.17, 15) is 14.4 Å². The standard InChI is InChI=1S/C22H28N2O4/c1-13(2)11-24(21(26)17-9-7-14(3)8-10-17)12-18(25)19-15(4)20(22(27)28-6)23-16(19)5/h7-10,13,23H,11-12H2,1-6H3. The summed E-state index contributed by atoms with van der Waals surface area (Å²) in [6, 6.07) is 7.31. The predicted molar refractivity (Wildman–Crippen MR) is 108 cm³/mol. The summed E-state index contributed by atoms with van der Waals surface area (Å²) in [4.78, 5) is 42.4. The maximum atomic E-state index is 13.0. The van der Waals surface area contributed by atoms with Gasteiger partial charge in [0.15, 0.2) is 5.78 Å². The number of benzene rings is 1. The van der Waals surface area contributed by atoms with Gasteiger partial charge >= 0.3 is 5.97 Å². The highest BCUT2D eigenvalue weighted by Gasteiger charge is 2.26. The van der Waals surface area contributed by atoms with Crippen LogP contribution in [0.5, 0.6) is 0 Å². The Bertz CT molecular complexity index is 879. The van der Waals surface area contributed by atoms with Crippen LogP contribution in [0.2, 0.25) is 0 Å². The number of hydrogen-bond donors (Lipinski definition) is 1. The van der Waals surface area contributed by atoms with Gasteiger partial charge in [-0.25, -0.2) is 4.79 Å². The molecule has 1 amide bonds. The molecule has 1 N–H and O–H groups in total. The molecule has 6 nitrogen and oxygen atoms in total. The van der Waals surface area contributed by atoms with Gasteiger partial charge in [0.25, 0.3) is 5.91 Å². The van der Waals surface area contributed by atoms with Gasteiger partial charge in [-0.3, -0.25) is 9.59 Å². The molecule has 6 heteroatoms. The summed E-state index contributed by atoms with van der Waals surface area (Å²) in [6.45, 7) is 9.82. The highest BCUT2D eigenvalue weighted by atomic mass is 16.5. The second-order valence-electron chi connectivity index (χ2n) is 7.49. The maximum Gasteiger partial charge on any atom is 0.354 e. The van der Waals surface area contributed by atoms with Crippen molar-refractivity contribution in [1.82, 2.24) is 9.88 Å². The van der Waals surface area contributed by atoms with Crippen LogP contribution in [0.15, 0.2) is 24.3 Å². The van der Waals surface area contributed by atoms with Gasteiger partial charge in [-0.05, 0) is 44.4 Å². The molecule has 0 aliphatic rings. The van der Waals surface area contributed by atoms with E-state index in [2.05, 4.69) is 4.98 Å². The number of esters is 1. The topological polar surface area (TPSA) is 79.5 Å². The summed E-state index contributed by atoms with van der Waals surface area (Å²) in [5, 5.41) is 0. The van der Waals surface area contributed by atoms with E-state index in [1.54, 1.807) is 30.9 Å². The minimum absolute atomic E-state index is 0.0506. The van der Waals surface area contributed by atoms with Crippen LogP contribution >= 0.6 is 0 Å². The number of carbonyl (C=O) groups excluding carboxylic acids is 3. The van der Waals surface area contributed by atoms with Crippen molar-refractivity contribution in [2.45, 2.75) is 34.6 Å². The molecule has 0 fully saturated rings. The molecule has 0 saturated heterocycles. The van der Waals surface area contributed by atoms with E-state index in [1.807, 2.05) is 32.9 Å². The van der Waals surface area contributed by atoms with Gasteiger partial charge in [-0.15, -0.1) is 0 Å². The zero-order valence-electron chi connectivity index (χ0n) is 17.4. The Balaban J connectivity index is 2.31. The van der Waals surface area contributed by atoms with E-state index < -0.39 is 5.97 Å². The number of aromatic amines is 1. The van der Waals surface area contributed by atoms with Crippen LogP contribution in [0.3, 0.4) is 0 Å². The summed E-state index contributed by atoms with van der Waals surface area (Å²) in [6.07, 6.45) is 0. The molecule has 2 rings (SSSR count). The summed E-state index contributed by atoms with van der Waals surface area (Å²) >= 11 is 0. The second-order valence-corrected chi connectivity index (χ2v) is 7.49. The lowest BCUT2D eigenvalue weighted by molar-refractivity contribution is 0.0593. The van der Waals surface area contributed by atoms with Crippen LogP contribution in [0.4, 0.5) is 0 Å². The Morgan fingerprint density at radius 2 is 1.68 bits per heavy atom. The van der Waals surface area contributed by atoms with Crippen molar-refractivity contribution in [2.75, 3.05) is 20.2 Å². The highest BCUT2D eigenvalue weighted by Crippen LogP contribution is 2.20. The van der Waals surface area contributed by atoms with Crippen LogP contribution < -0.4 is 0 Å². The van der Waals surface area contributed by atoms with Crippen molar-refractivity contribution in [3.63, 3.8) is 0 Å². The van der Waals surface area contributed by atoms with E-state index in [1.165, 1.54) is 7.11 Å². The van der Waals surface area contributed by atoms with Crippen molar-refractivity contribution in [2.24, 2.45) is 5.92 Å². The van der Waals surface area contributed by atoms with Crippen molar-refractivity contribution in [3.8, 4) is 0 Å². The summed E-state index contributed by atoms with van der Waals surface area (Å²) < 4.78 is 4.76. The lowest BCUT2D eigenvalue weighted by Crippen LogP contribution is -2.38. The Hall–Kier alpha value is -2.89. The van der Waals surface area contributed by atoms with Crippen LogP contribution in [0.1, 0.15) is 61.9 Å². The number of H-pyrrole nitrogens is 1. The summed E-state index contributed by atoms with van der Waals surface area (Å²) in [7, 11) is 1.30. The lowest BCUT2D eigenvalue weighted by atomic mass is 10.0. The van der Waals surface area contributed by atoms with Crippen LogP contribution in [-0.4, -0.2) is 47.7 Å². The fraction of sp³-hybridized carbons (Fsp3) is 0.409. The highest BCUT2D eigenvalue weighted by molar-refractivity contribution is 6.05. The molecule has 0 saturated carbocycles. The SMILES string of the molecule is COC(=O)c1[nH]c(C)c(C(=O)CN(CC(C)C)C(=O)c2ccc(C)cc2)c1C. The first-order chi connectivity index (χ1) is 13.1. The van der Waals surface area contributed by atoms with Gasteiger partial charge in [0, 0.05) is 23.4 Å². The summed E-state index contributed by atoms with van der Waals surface area (Å²) in [5.41, 5.74) is 3.46. The number of ketones is 1. The molecule has 0 aliphatic heterocycles. The Morgan fingerprint density at radius 3 is 2.21 bits per heavy atom. The Labute approximate surface area is 165 Å². The largest absolute Gasteiger partial charge is 0.464 e. The first kappa shape index (κ1) is 21.4. The van der Waals surface area contributed by atoms with Gasteiger partial charge < -0.3 is 14.6 Å². The van der Waals surface area contributed by atoms with E-state index in [-0.39, 0.29) is 29.8 Å². The first-order valence-electron chi connectivity index (χ1n) is 9.32. The fourth-order valence-electron chi connectivity index (χ4n) is 3.27. The van der Waals surface area contributed by atoms with Gasteiger partial charge in [0.1, 0.15) is 5.69 Å². The third kappa shape index (κ3) is 4.68. The maximum absolute atomic E-state index is 13.0. The quantitative estimate of drug-likeness (QED) is 0.583. The van der Waals surface area contributed by atoms with E-state index in [0.717, 1.165) is 5.56 Å².